The molecule has 0 bridgehead atoms. The minimum absolute atomic E-state index is 0.0802. The number of benzene rings is 2. The summed E-state index contributed by atoms with van der Waals surface area (Å²) in [6.07, 6.45) is -30.8. The number of carbonyl (C=O) groups is 5. The summed E-state index contributed by atoms with van der Waals surface area (Å²) in [5, 5.41) is 0. The molecular formula is C27H8F20O10. The molecule has 0 saturated heterocycles. The molecule has 0 N–H and O–H groups in total. The summed E-state index contributed by atoms with van der Waals surface area (Å²) in [6, 6.07) is -0.368. The lowest BCUT2D eigenvalue weighted by molar-refractivity contribution is -0.277. The standard InChI is InChI=1S/C27H8F20O10/c28-20(29,24(36,37)38)16(49)53-8-4-13-15(14(5-8)57-19(52)23(34,35)27(45,46)47)9(48)6-11(54-13)7-1-2-10(55-17(50)21(30,31)25(39,40)41)12(3-7)56-18(51)22(32,33)26(42,43)44/h1-5,11H,6H2. The van der Waals surface area contributed by atoms with Gasteiger partial charge in [0.05, 0.1) is 6.42 Å². The van der Waals surface area contributed by atoms with Crippen molar-refractivity contribution in [2.75, 3.05) is 0 Å². The topological polar surface area (TPSA) is 132 Å². The number of hydrogen-bond donors (Lipinski definition) is 0. The van der Waals surface area contributed by atoms with Crippen molar-refractivity contribution in [2.45, 2.75) is 60.9 Å². The molecule has 0 aliphatic carbocycles. The second-order valence-corrected chi connectivity index (χ2v) is 10.6. The summed E-state index contributed by atoms with van der Waals surface area (Å²) in [4.78, 5) is 59.7. The van der Waals surface area contributed by atoms with Gasteiger partial charge in [-0.25, -0.2) is 19.2 Å². The molecule has 57 heavy (non-hydrogen) atoms. The smallest absolute Gasteiger partial charge is 0.465 e. The van der Waals surface area contributed by atoms with Gasteiger partial charge in [0.15, 0.2) is 17.3 Å². The number of carbonyl (C=O) groups excluding carboxylic acids is 5. The van der Waals surface area contributed by atoms with Gasteiger partial charge in [0.25, 0.3) is 0 Å². The lowest BCUT2D eigenvalue weighted by atomic mass is 9.95. The molecule has 1 aliphatic rings. The molecule has 0 saturated carbocycles. The van der Waals surface area contributed by atoms with Gasteiger partial charge in [-0.15, -0.1) is 0 Å². The largest absolute Gasteiger partial charge is 0.484 e. The minimum Gasteiger partial charge on any atom is -0.484 e. The number of ether oxygens (including phenoxy) is 5. The zero-order chi connectivity index (χ0) is 44.3. The van der Waals surface area contributed by atoms with E-state index < -0.39 is 130 Å². The number of hydrogen-bond acceptors (Lipinski definition) is 10. The molecule has 1 atom stereocenters. The molecule has 3 rings (SSSR count). The van der Waals surface area contributed by atoms with Gasteiger partial charge >= 0.3 is 72.3 Å². The SMILES string of the molecule is O=C1CC(c2ccc(OC(=O)C(F)(F)C(F)(F)F)c(OC(=O)C(F)(F)C(F)(F)F)c2)Oc2cc(OC(=O)C(F)(F)C(F)(F)F)cc(OC(=O)C(F)(F)C(F)(F)F)c21. The highest BCUT2D eigenvalue weighted by Gasteiger charge is 2.68. The van der Waals surface area contributed by atoms with Crippen molar-refractivity contribution in [3.05, 3.63) is 41.5 Å². The van der Waals surface area contributed by atoms with E-state index in [4.69, 9.17) is 4.74 Å². The van der Waals surface area contributed by atoms with Gasteiger partial charge in [0.2, 0.25) is 0 Å². The van der Waals surface area contributed by atoms with Crippen LogP contribution in [0.15, 0.2) is 30.3 Å². The van der Waals surface area contributed by atoms with Crippen LogP contribution in [0.4, 0.5) is 87.8 Å². The summed E-state index contributed by atoms with van der Waals surface area (Å²) < 4.78 is 281. The first kappa shape index (κ1) is 45.8. The van der Waals surface area contributed by atoms with Crippen LogP contribution in [0.2, 0.25) is 0 Å². The molecular weight excluding hydrogens is 864 g/mol. The Morgan fingerprint density at radius 3 is 1.26 bits per heavy atom. The third kappa shape index (κ3) is 8.86. The summed E-state index contributed by atoms with van der Waals surface area (Å²) in [5.74, 6) is -51.4. The summed E-state index contributed by atoms with van der Waals surface area (Å²) in [6.45, 7) is 0. The lowest BCUT2D eigenvalue weighted by Crippen LogP contribution is -2.47. The summed E-state index contributed by atoms with van der Waals surface area (Å²) in [5.41, 5.74) is -2.51. The predicted molar refractivity (Wildman–Crippen MR) is 132 cm³/mol. The molecule has 2 aromatic rings. The van der Waals surface area contributed by atoms with Crippen molar-refractivity contribution in [2.24, 2.45) is 0 Å². The van der Waals surface area contributed by atoms with Crippen molar-refractivity contribution in [3.8, 4) is 28.7 Å². The van der Waals surface area contributed by atoms with Crippen LogP contribution < -0.4 is 23.7 Å². The summed E-state index contributed by atoms with van der Waals surface area (Å²) in [7, 11) is 0. The van der Waals surface area contributed by atoms with Crippen LogP contribution in [0.25, 0.3) is 0 Å². The third-order valence-corrected chi connectivity index (χ3v) is 6.57. The minimum atomic E-state index is -6.80. The van der Waals surface area contributed by atoms with Gasteiger partial charge in [-0.2, -0.15) is 87.8 Å². The monoisotopic (exact) mass is 872 g/mol. The van der Waals surface area contributed by atoms with E-state index in [1.54, 1.807) is 0 Å². The molecule has 0 radical (unpaired) electrons. The van der Waals surface area contributed by atoms with Gasteiger partial charge in [-0.05, 0) is 17.7 Å². The molecule has 1 heterocycles. The van der Waals surface area contributed by atoms with Crippen LogP contribution in [0.1, 0.15) is 28.4 Å². The molecule has 316 valence electrons. The number of ketones is 1. The Labute approximate surface area is 297 Å². The van der Waals surface area contributed by atoms with Crippen molar-refractivity contribution in [3.63, 3.8) is 0 Å². The molecule has 1 unspecified atom stereocenters. The molecule has 0 spiro atoms. The van der Waals surface area contributed by atoms with E-state index >= 15 is 0 Å². The molecule has 1 aliphatic heterocycles. The van der Waals surface area contributed by atoms with Crippen molar-refractivity contribution in [1.82, 2.24) is 0 Å². The molecule has 10 nitrogen and oxygen atoms in total. The maximum Gasteiger partial charge on any atom is 0.465 e. The van der Waals surface area contributed by atoms with E-state index in [-0.39, 0.29) is 30.3 Å². The predicted octanol–water partition coefficient (Wildman–Crippen LogP) is 7.81. The fraction of sp³-hybridized carbons (Fsp3) is 0.370. The lowest BCUT2D eigenvalue weighted by Gasteiger charge is -2.28. The van der Waals surface area contributed by atoms with Crippen molar-refractivity contribution in [1.29, 1.82) is 0 Å². The quantitative estimate of drug-likeness (QED) is 0.140. The molecule has 30 heteroatoms. The number of Topliss-reactive ketones (excluding diaryl/α,β-unsaturated/α-hetero) is 1. The Hall–Kier alpha value is -5.61. The molecule has 0 amide bonds. The number of alkyl halides is 20. The Bertz CT molecular complexity index is 1960. The molecule has 2 aromatic carbocycles. The van der Waals surface area contributed by atoms with E-state index in [1.165, 1.54) is 0 Å². The zero-order valence-electron chi connectivity index (χ0n) is 25.8. The average molecular weight is 872 g/mol. The van der Waals surface area contributed by atoms with E-state index in [1.807, 2.05) is 0 Å². The van der Waals surface area contributed by atoms with E-state index in [9.17, 15) is 112 Å². The van der Waals surface area contributed by atoms with E-state index in [0.717, 1.165) is 0 Å². The molecule has 0 aromatic heterocycles. The van der Waals surface area contributed by atoms with E-state index in [2.05, 4.69) is 18.9 Å². The van der Waals surface area contributed by atoms with Crippen LogP contribution in [0, 0.1) is 0 Å². The van der Waals surface area contributed by atoms with Gasteiger partial charge in [0.1, 0.15) is 28.9 Å². The first-order valence-corrected chi connectivity index (χ1v) is 13.6. The Morgan fingerprint density at radius 2 is 0.860 bits per heavy atom. The fourth-order valence-corrected chi connectivity index (χ4v) is 3.74. The maximum atomic E-state index is 13.6. The normalized spacial score (nSPS) is 15.9. The maximum absolute atomic E-state index is 13.6. The van der Waals surface area contributed by atoms with Gasteiger partial charge in [-0.1, -0.05) is 6.07 Å². The third-order valence-electron chi connectivity index (χ3n) is 6.57. The average Bonchev–Trinajstić information content (AvgIpc) is 3.02. The number of esters is 4. The number of fused-ring (bicyclic) bond motifs is 1. The molecule has 0 fully saturated rings. The van der Waals surface area contributed by atoms with Gasteiger partial charge in [0, 0.05) is 12.1 Å². The first-order valence-electron chi connectivity index (χ1n) is 13.6. The van der Waals surface area contributed by atoms with Crippen LogP contribution >= 0.6 is 0 Å². The van der Waals surface area contributed by atoms with Crippen molar-refractivity contribution >= 4 is 29.7 Å². The van der Waals surface area contributed by atoms with Gasteiger partial charge < -0.3 is 23.7 Å². The van der Waals surface area contributed by atoms with Gasteiger partial charge in [-0.3, -0.25) is 4.79 Å². The zero-order valence-corrected chi connectivity index (χ0v) is 25.8. The van der Waals surface area contributed by atoms with Crippen LogP contribution in [-0.2, 0) is 19.2 Å². The second-order valence-electron chi connectivity index (χ2n) is 10.6. The van der Waals surface area contributed by atoms with Crippen LogP contribution in [0.3, 0.4) is 0 Å². The first-order chi connectivity index (χ1) is 25.4. The highest BCUT2D eigenvalue weighted by molar-refractivity contribution is 6.04. The van der Waals surface area contributed by atoms with Crippen LogP contribution in [-0.4, -0.2) is 78.1 Å². The number of halogens is 20. The number of rotatable bonds is 9. The highest BCUT2D eigenvalue weighted by Crippen LogP contribution is 2.47. The van der Waals surface area contributed by atoms with Crippen molar-refractivity contribution < 1.29 is 135 Å². The highest BCUT2D eigenvalue weighted by atomic mass is 19.4. The Morgan fingerprint density at radius 1 is 0.491 bits per heavy atom. The fourth-order valence-electron chi connectivity index (χ4n) is 3.74. The second kappa shape index (κ2) is 14.4. The Balaban J connectivity index is 2.20. The van der Waals surface area contributed by atoms with E-state index in [0.29, 0.717) is 0 Å². The van der Waals surface area contributed by atoms with Crippen LogP contribution in [0.5, 0.6) is 28.7 Å². The Kier molecular flexibility index (Phi) is 11.6. The summed E-state index contributed by atoms with van der Waals surface area (Å²) >= 11 is 0.